The first-order valence-corrected chi connectivity index (χ1v) is 11.5. The lowest BCUT2D eigenvalue weighted by molar-refractivity contribution is -0.138. The number of hydrogen-bond donors (Lipinski definition) is 0. The highest BCUT2D eigenvalue weighted by molar-refractivity contribution is 6.30. The summed E-state index contributed by atoms with van der Waals surface area (Å²) in [6, 6.07) is 26.9. The van der Waals surface area contributed by atoms with Crippen molar-refractivity contribution < 1.29 is 14.1 Å². The molecule has 1 atom stereocenters. The number of amides is 1. The summed E-state index contributed by atoms with van der Waals surface area (Å²) in [5.41, 5.74) is 2.85. The van der Waals surface area contributed by atoms with E-state index in [9.17, 15) is 4.79 Å². The van der Waals surface area contributed by atoms with Crippen molar-refractivity contribution in [1.29, 1.82) is 0 Å². The molecule has 1 amide bonds. The molecule has 0 aliphatic carbocycles. The van der Waals surface area contributed by atoms with Crippen molar-refractivity contribution in [3.63, 3.8) is 0 Å². The van der Waals surface area contributed by atoms with Gasteiger partial charge in [-0.25, -0.2) is 0 Å². The molecular formula is C27H26ClN3O3. The first kappa shape index (κ1) is 23.7. The molecule has 0 N–H and O–H groups in total. The van der Waals surface area contributed by atoms with Crippen molar-refractivity contribution in [1.82, 2.24) is 15.0 Å². The predicted molar refractivity (Wildman–Crippen MR) is 131 cm³/mol. The zero-order valence-electron chi connectivity index (χ0n) is 18.9. The fraction of sp³-hybridized carbons (Fsp3) is 0.222. The van der Waals surface area contributed by atoms with Crippen LogP contribution < -0.4 is 0 Å². The standard InChI is InChI=1S/C27H26ClN3O3/c1-20(22-11-6-3-7-12-22)31(26(32)19-33-18-21-9-4-2-5-10-21)16-15-25-29-27(30-34-25)23-13-8-14-24(28)17-23/h2-14,17,20H,15-16,18-19H2,1H3/t20-/m1/s1. The van der Waals surface area contributed by atoms with Crippen LogP contribution in [0, 0.1) is 0 Å². The van der Waals surface area contributed by atoms with Gasteiger partial charge in [0.1, 0.15) is 6.61 Å². The van der Waals surface area contributed by atoms with Crippen LogP contribution in [0.4, 0.5) is 0 Å². The molecule has 0 aliphatic rings. The van der Waals surface area contributed by atoms with Gasteiger partial charge in [-0.15, -0.1) is 0 Å². The molecule has 0 saturated heterocycles. The minimum Gasteiger partial charge on any atom is -0.367 e. The molecule has 0 radical (unpaired) electrons. The number of halogens is 1. The van der Waals surface area contributed by atoms with Crippen LogP contribution in [0.25, 0.3) is 11.4 Å². The second-order valence-corrected chi connectivity index (χ2v) is 8.36. The number of nitrogens with zero attached hydrogens (tertiary/aromatic N) is 3. The maximum atomic E-state index is 13.2. The average molecular weight is 476 g/mol. The van der Waals surface area contributed by atoms with Gasteiger partial charge in [-0.2, -0.15) is 4.98 Å². The Morgan fingerprint density at radius 2 is 1.76 bits per heavy atom. The van der Waals surface area contributed by atoms with Gasteiger partial charge < -0.3 is 14.2 Å². The molecule has 6 nitrogen and oxygen atoms in total. The van der Waals surface area contributed by atoms with Gasteiger partial charge in [0.25, 0.3) is 0 Å². The van der Waals surface area contributed by atoms with Gasteiger partial charge in [-0.3, -0.25) is 4.79 Å². The van der Waals surface area contributed by atoms with E-state index in [-0.39, 0.29) is 18.6 Å². The molecule has 0 unspecified atom stereocenters. The second-order valence-electron chi connectivity index (χ2n) is 7.92. The van der Waals surface area contributed by atoms with Crippen LogP contribution in [0.3, 0.4) is 0 Å². The van der Waals surface area contributed by atoms with Gasteiger partial charge in [0, 0.05) is 23.6 Å². The van der Waals surface area contributed by atoms with Gasteiger partial charge in [-0.05, 0) is 30.2 Å². The van der Waals surface area contributed by atoms with E-state index in [2.05, 4.69) is 10.1 Å². The molecule has 3 aromatic carbocycles. The van der Waals surface area contributed by atoms with Crippen LogP contribution in [0.1, 0.15) is 30.0 Å². The Kier molecular flexibility index (Phi) is 8.07. The zero-order valence-corrected chi connectivity index (χ0v) is 19.7. The monoisotopic (exact) mass is 475 g/mol. The van der Waals surface area contributed by atoms with Crippen LogP contribution in [-0.4, -0.2) is 34.1 Å². The van der Waals surface area contributed by atoms with E-state index < -0.39 is 0 Å². The molecule has 0 bridgehead atoms. The fourth-order valence-corrected chi connectivity index (χ4v) is 3.87. The largest absolute Gasteiger partial charge is 0.367 e. The number of carbonyl (C=O) groups is 1. The third-order valence-electron chi connectivity index (χ3n) is 5.52. The van der Waals surface area contributed by atoms with Crippen LogP contribution in [0.15, 0.2) is 89.5 Å². The van der Waals surface area contributed by atoms with Crippen molar-refractivity contribution in [3.8, 4) is 11.4 Å². The molecule has 4 rings (SSSR count). The summed E-state index contributed by atoms with van der Waals surface area (Å²) in [5.74, 6) is 0.831. The Labute approximate surface area is 204 Å². The van der Waals surface area contributed by atoms with Crippen molar-refractivity contribution in [2.75, 3.05) is 13.2 Å². The summed E-state index contributed by atoms with van der Waals surface area (Å²) < 4.78 is 11.2. The lowest BCUT2D eigenvalue weighted by Crippen LogP contribution is -2.37. The number of carbonyl (C=O) groups excluding carboxylic acids is 1. The molecule has 1 heterocycles. The number of hydrogen-bond acceptors (Lipinski definition) is 5. The zero-order chi connectivity index (χ0) is 23.8. The van der Waals surface area contributed by atoms with E-state index >= 15 is 0 Å². The molecule has 0 spiro atoms. The normalized spacial score (nSPS) is 11.8. The Hall–Kier alpha value is -3.48. The van der Waals surface area contributed by atoms with Gasteiger partial charge in [0.05, 0.1) is 12.6 Å². The van der Waals surface area contributed by atoms with Crippen molar-refractivity contribution in [2.45, 2.75) is 26.0 Å². The third-order valence-corrected chi connectivity index (χ3v) is 5.76. The third kappa shape index (κ3) is 6.31. The van der Waals surface area contributed by atoms with Crippen molar-refractivity contribution in [3.05, 3.63) is 107 Å². The van der Waals surface area contributed by atoms with E-state index in [0.717, 1.165) is 16.7 Å². The highest BCUT2D eigenvalue weighted by Crippen LogP contribution is 2.22. The number of ether oxygens (including phenoxy) is 1. The Bertz CT molecular complexity index is 1200. The Balaban J connectivity index is 1.43. The molecular weight excluding hydrogens is 450 g/mol. The van der Waals surface area contributed by atoms with E-state index in [1.165, 1.54) is 0 Å². The summed E-state index contributed by atoms with van der Waals surface area (Å²) >= 11 is 6.07. The molecule has 0 aliphatic heterocycles. The van der Waals surface area contributed by atoms with E-state index in [1.807, 2.05) is 79.7 Å². The van der Waals surface area contributed by atoms with Gasteiger partial charge in [0.15, 0.2) is 0 Å². The SMILES string of the molecule is C[C@H](c1ccccc1)N(CCc1nc(-c2cccc(Cl)c2)no1)C(=O)COCc1ccccc1. The molecule has 7 heteroatoms. The Morgan fingerprint density at radius 1 is 1.03 bits per heavy atom. The minimum atomic E-state index is -0.135. The second kappa shape index (κ2) is 11.6. The quantitative estimate of drug-likeness (QED) is 0.292. The van der Waals surface area contributed by atoms with Crippen molar-refractivity contribution >= 4 is 17.5 Å². The number of benzene rings is 3. The fourth-order valence-electron chi connectivity index (χ4n) is 3.68. The molecule has 1 aromatic heterocycles. The summed E-state index contributed by atoms with van der Waals surface area (Å²) in [6.07, 6.45) is 0.426. The lowest BCUT2D eigenvalue weighted by atomic mass is 10.1. The van der Waals surface area contributed by atoms with Gasteiger partial charge in [-0.1, -0.05) is 89.6 Å². The minimum absolute atomic E-state index is 0.0103. The highest BCUT2D eigenvalue weighted by Gasteiger charge is 2.22. The van der Waals surface area contributed by atoms with Gasteiger partial charge >= 0.3 is 0 Å². The Morgan fingerprint density at radius 3 is 2.50 bits per heavy atom. The molecule has 174 valence electrons. The topological polar surface area (TPSA) is 68.5 Å². The molecule has 34 heavy (non-hydrogen) atoms. The summed E-state index contributed by atoms with van der Waals surface area (Å²) in [6.45, 7) is 2.80. The van der Waals surface area contributed by atoms with Crippen LogP contribution in [0.2, 0.25) is 5.02 Å². The predicted octanol–water partition coefficient (Wildman–Crippen LogP) is 5.74. The average Bonchev–Trinajstić information content (AvgIpc) is 3.34. The maximum Gasteiger partial charge on any atom is 0.249 e. The van der Waals surface area contributed by atoms with Crippen LogP contribution >= 0.6 is 11.6 Å². The summed E-state index contributed by atoms with van der Waals surface area (Å²) in [4.78, 5) is 19.4. The first-order valence-electron chi connectivity index (χ1n) is 11.1. The van der Waals surface area contributed by atoms with Crippen LogP contribution in [-0.2, 0) is 22.6 Å². The lowest BCUT2D eigenvalue weighted by Gasteiger charge is -2.29. The maximum absolute atomic E-state index is 13.2. The smallest absolute Gasteiger partial charge is 0.249 e. The first-order chi connectivity index (χ1) is 16.6. The highest BCUT2D eigenvalue weighted by atomic mass is 35.5. The number of rotatable bonds is 10. The number of aromatic nitrogens is 2. The van der Waals surface area contributed by atoms with Gasteiger partial charge in [0.2, 0.25) is 17.6 Å². The summed E-state index contributed by atoms with van der Waals surface area (Å²) in [7, 11) is 0. The molecule has 0 fully saturated rings. The molecule has 0 saturated carbocycles. The molecule has 4 aromatic rings. The van der Waals surface area contributed by atoms with Crippen molar-refractivity contribution in [2.24, 2.45) is 0 Å². The van der Waals surface area contributed by atoms with E-state index in [1.54, 1.807) is 17.0 Å². The van der Waals surface area contributed by atoms with E-state index in [0.29, 0.717) is 36.3 Å². The summed E-state index contributed by atoms with van der Waals surface area (Å²) in [5, 5.41) is 4.67. The van der Waals surface area contributed by atoms with E-state index in [4.69, 9.17) is 20.9 Å². The van der Waals surface area contributed by atoms with Crippen LogP contribution in [0.5, 0.6) is 0 Å².